The Kier molecular flexibility index (Phi) is 7.81. The molecule has 8 nitrogen and oxygen atoms in total. The van der Waals surface area contributed by atoms with Crippen LogP contribution in [0.5, 0.6) is 0 Å². The van der Waals surface area contributed by atoms with Crippen LogP contribution in [0.4, 0.5) is 25.0 Å². The second-order valence-corrected chi connectivity index (χ2v) is 11.8. The number of hydrogen-bond acceptors (Lipinski definition) is 6. The molecule has 0 bridgehead atoms. The molecule has 1 aliphatic rings. The van der Waals surface area contributed by atoms with Crippen LogP contribution in [0.1, 0.15) is 43.3 Å². The number of likely N-dealkylation sites (tertiary alicyclic amines) is 1. The molecule has 0 saturated carbocycles. The van der Waals surface area contributed by atoms with Gasteiger partial charge in [0.1, 0.15) is 26.9 Å². The van der Waals surface area contributed by atoms with Gasteiger partial charge in [-0.2, -0.15) is 0 Å². The SMILES string of the molecule is CC(C)(C)OC(=O)NC1CCN(C(=O)c2sc3c(ccc(=O)n3-c3ccccc3)c2Nc2ccc(F)cc2F)CC1. The van der Waals surface area contributed by atoms with Crippen LogP contribution in [0.25, 0.3) is 15.9 Å². The summed E-state index contributed by atoms with van der Waals surface area (Å²) in [6.07, 6.45) is 0.554. The maximum Gasteiger partial charge on any atom is 0.407 e. The Morgan fingerprint density at radius 3 is 2.37 bits per heavy atom. The normalized spacial score (nSPS) is 14.2. The number of rotatable bonds is 5. The first kappa shape index (κ1) is 28.3. The van der Waals surface area contributed by atoms with Crippen molar-refractivity contribution in [3.8, 4) is 5.69 Å². The number of piperidine rings is 1. The zero-order valence-electron chi connectivity index (χ0n) is 22.9. The Morgan fingerprint density at radius 2 is 1.71 bits per heavy atom. The smallest absolute Gasteiger partial charge is 0.407 e. The van der Waals surface area contributed by atoms with E-state index in [4.69, 9.17) is 4.74 Å². The second kappa shape index (κ2) is 11.3. The van der Waals surface area contributed by atoms with Gasteiger partial charge in [0.05, 0.1) is 17.1 Å². The van der Waals surface area contributed by atoms with Crippen LogP contribution in [0.3, 0.4) is 0 Å². The van der Waals surface area contributed by atoms with Crippen molar-refractivity contribution in [2.24, 2.45) is 0 Å². The van der Waals surface area contributed by atoms with Crippen LogP contribution in [0, 0.1) is 11.6 Å². The molecule has 0 spiro atoms. The summed E-state index contributed by atoms with van der Waals surface area (Å²) in [5, 5.41) is 6.41. The third-order valence-corrected chi connectivity index (χ3v) is 7.82. The quantitative estimate of drug-likeness (QED) is 0.293. The molecule has 0 unspecified atom stereocenters. The molecular weight excluding hydrogens is 550 g/mol. The van der Waals surface area contributed by atoms with E-state index < -0.39 is 23.3 Å². The van der Waals surface area contributed by atoms with Gasteiger partial charge in [-0.3, -0.25) is 14.2 Å². The fourth-order valence-electron chi connectivity index (χ4n) is 4.75. The molecule has 11 heteroatoms. The fraction of sp³-hybridized carbons (Fsp3) is 0.300. The van der Waals surface area contributed by atoms with Crippen molar-refractivity contribution in [3.05, 3.63) is 87.5 Å². The Balaban J connectivity index is 1.49. The van der Waals surface area contributed by atoms with Gasteiger partial charge in [-0.05, 0) is 63.9 Å². The lowest BCUT2D eigenvalue weighted by Gasteiger charge is -2.32. The average Bonchev–Trinajstić information content (AvgIpc) is 3.27. The summed E-state index contributed by atoms with van der Waals surface area (Å²) in [7, 11) is 0. The lowest BCUT2D eigenvalue weighted by Crippen LogP contribution is -2.47. The molecule has 5 rings (SSSR count). The van der Waals surface area contributed by atoms with Crippen LogP contribution >= 0.6 is 11.3 Å². The number of fused-ring (bicyclic) bond motifs is 1. The molecule has 4 aromatic rings. The van der Waals surface area contributed by atoms with Crippen molar-refractivity contribution < 1.29 is 23.1 Å². The molecule has 2 amide bonds. The van der Waals surface area contributed by atoms with E-state index in [1.807, 2.05) is 18.2 Å². The molecule has 0 aliphatic carbocycles. The van der Waals surface area contributed by atoms with Crippen LogP contribution in [-0.4, -0.2) is 46.2 Å². The zero-order valence-corrected chi connectivity index (χ0v) is 23.7. The molecule has 1 saturated heterocycles. The van der Waals surface area contributed by atoms with E-state index in [-0.39, 0.29) is 28.1 Å². The van der Waals surface area contributed by atoms with Crippen LogP contribution in [-0.2, 0) is 4.74 Å². The number of nitrogens with one attached hydrogen (secondary N) is 2. The summed E-state index contributed by atoms with van der Waals surface area (Å²) in [6.45, 7) is 6.13. The van der Waals surface area contributed by atoms with Crippen molar-refractivity contribution >= 4 is 44.9 Å². The van der Waals surface area contributed by atoms with Crippen molar-refractivity contribution in [2.75, 3.05) is 18.4 Å². The highest BCUT2D eigenvalue weighted by atomic mass is 32.1. The van der Waals surface area contributed by atoms with Gasteiger partial charge in [0.15, 0.2) is 0 Å². The van der Waals surface area contributed by atoms with Gasteiger partial charge in [-0.1, -0.05) is 18.2 Å². The van der Waals surface area contributed by atoms with E-state index in [0.717, 1.165) is 23.5 Å². The first-order chi connectivity index (χ1) is 19.5. The number of thiophene rings is 1. The minimum absolute atomic E-state index is 0.00196. The van der Waals surface area contributed by atoms with Gasteiger partial charge in [0.2, 0.25) is 0 Å². The van der Waals surface area contributed by atoms with Gasteiger partial charge in [0, 0.05) is 36.7 Å². The van der Waals surface area contributed by atoms with Crippen molar-refractivity contribution in [1.29, 1.82) is 0 Å². The highest BCUT2D eigenvalue weighted by Crippen LogP contribution is 2.39. The predicted octanol–water partition coefficient (Wildman–Crippen LogP) is 6.20. The predicted molar refractivity (Wildman–Crippen MR) is 155 cm³/mol. The number of hydrogen-bond donors (Lipinski definition) is 2. The molecular formula is C30H30F2N4O4S. The first-order valence-electron chi connectivity index (χ1n) is 13.2. The Labute approximate surface area is 239 Å². The van der Waals surface area contributed by atoms with Crippen LogP contribution in [0.15, 0.2) is 65.5 Å². The van der Waals surface area contributed by atoms with Crippen LogP contribution < -0.4 is 16.2 Å². The zero-order chi connectivity index (χ0) is 29.3. The Hall–Kier alpha value is -4.25. The lowest BCUT2D eigenvalue weighted by atomic mass is 10.0. The molecule has 2 aromatic carbocycles. The number of anilines is 2. The van der Waals surface area contributed by atoms with Crippen LogP contribution in [0.2, 0.25) is 0 Å². The summed E-state index contributed by atoms with van der Waals surface area (Å²) < 4.78 is 35.2. The van der Waals surface area contributed by atoms with E-state index in [1.54, 1.807) is 43.9 Å². The number of benzene rings is 2. The van der Waals surface area contributed by atoms with Gasteiger partial charge < -0.3 is 20.3 Å². The number of pyridine rings is 1. The van der Waals surface area contributed by atoms with Gasteiger partial charge in [0.25, 0.3) is 11.5 Å². The number of carbonyl (C=O) groups is 2. The molecule has 1 aliphatic heterocycles. The highest BCUT2D eigenvalue weighted by molar-refractivity contribution is 7.21. The lowest BCUT2D eigenvalue weighted by molar-refractivity contribution is 0.0474. The third kappa shape index (κ3) is 6.25. The van der Waals surface area contributed by atoms with E-state index in [9.17, 15) is 23.2 Å². The number of carbonyl (C=O) groups excluding carboxylic acids is 2. The van der Waals surface area contributed by atoms with E-state index in [2.05, 4.69) is 10.6 Å². The molecule has 214 valence electrons. The van der Waals surface area contributed by atoms with Crippen molar-refractivity contribution in [1.82, 2.24) is 14.8 Å². The number of halogens is 2. The minimum atomic E-state index is -0.812. The minimum Gasteiger partial charge on any atom is -0.444 e. The molecule has 3 heterocycles. The summed E-state index contributed by atoms with van der Waals surface area (Å²) in [6, 6.07) is 15.0. The molecule has 2 aromatic heterocycles. The number of nitrogens with zero attached hydrogens (tertiary/aromatic N) is 2. The van der Waals surface area contributed by atoms with Crippen molar-refractivity contribution in [2.45, 2.75) is 45.3 Å². The van der Waals surface area contributed by atoms with Crippen molar-refractivity contribution in [3.63, 3.8) is 0 Å². The summed E-state index contributed by atoms with van der Waals surface area (Å²) in [5.41, 5.74) is 0.0575. The highest BCUT2D eigenvalue weighted by Gasteiger charge is 2.30. The summed E-state index contributed by atoms with van der Waals surface area (Å²) >= 11 is 1.13. The van der Waals surface area contributed by atoms with E-state index in [1.165, 1.54) is 16.7 Å². The monoisotopic (exact) mass is 580 g/mol. The fourth-order valence-corrected chi connectivity index (χ4v) is 5.99. The van der Waals surface area contributed by atoms with E-state index in [0.29, 0.717) is 47.5 Å². The molecule has 0 atom stereocenters. The Morgan fingerprint density at radius 1 is 1.00 bits per heavy atom. The first-order valence-corrected chi connectivity index (χ1v) is 14.1. The number of alkyl carbamates (subject to hydrolysis) is 1. The van der Waals surface area contributed by atoms with Gasteiger partial charge in [-0.15, -0.1) is 11.3 Å². The topological polar surface area (TPSA) is 92.7 Å². The molecule has 2 N–H and O–H groups in total. The van der Waals surface area contributed by atoms with E-state index >= 15 is 0 Å². The maximum atomic E-state index is 14.7. The number of aromatic nitrogens is 1. The molecule has 1 fully saturated rings. The van der Waals surface area contributed by atoms with Gasteiger partial charge >= 0.3 is 6.09 Å². The Bertz CT molecular complexity index is 1660. The average molecular weight is 581 g/mol. The standard InChI is InChI=1S/C30H30F2N4O4S/c1-30(2,3)40-29(39)33-19-13-15-35(16-14-19)27(38)26-25(34-23-11-9-18(31)17-22(23)32)21-10-12-24(37)36(28(21)41-26)20-7-5-4-6-8-20/h4-12,17,19,34H,13-16H2,1-3H3,(H,33,39). The largest absolute Gasteiger partial charge is 0.444 e. The number of amides is 2. The number of para-hydroxylation sites is 1. The summed E-state index contributed by atoms with van der Waals surface area (Å²) in [4.78, 5) is 41.6. The maximum absolute atomic E-state index is 14.7. The van der Waals surface area contributed by atoms with Gasteiger partial charge in [-0.25, -0.2) is 13.6 Å². The molecule has 41 heavy (non-hydrogen) atoms. The number of ether oxygens (including phenoxy) is 1. The summed E-state index contributed by atoms with van der Waals surface area (Å²) in [5.74, 6) is -1.83. The molecule has 0 radical (unpaired) electrons. The third-order valence-electron chi connectivity index (χ3n) is 6.64. The second-order valence-electron chi connectivity index (χ2n) is 10.8.